The molecule has 0 atom stereocenters. The van der Waals surface area contributed by atoms with Gasteiger partial charge in [0.1, 0.15) is 0 Å². The largest absolute Gasteiger partial charge is 0.310 e. The first-order valence-corrected chi connectivity index (χ1v) is 20.6. The molecule has 5 heterocycles. The van der Waals surface area contributed by atoms with Gasteiger partial charge in [-0.05, 0) is 81.7 Å². The van der Waals surface area contributed by atoms with E-state index in [1.165, 1.54) is 116 Å². The molecule has 0 aliphatic carbocycles. The van der Waals surface area contributed by atoms with Crippen molar-refractivity contribution in [3.8, 4) is 22.3 Å². The van der Waals surface area contributed by atoms with Gasteiger partial charge in [0.05, 0.1) is 11.4 Å². The summed E-state index contributed by atoms with van der Waals surface area (Å²) >= 11 is 5.72. The highest BCUT2D eigenvalue weighted by atomic mass is 32.1. The van der Waals surface area contributed by atoms with Crippen molar-refractivity contribution < 1.29 is 0 Å². The molecular formula is C48H26BNS3. The summed E-state index contributed by atoms with van der Waals surface area (Å²) in [6.45, 7) is 0.151. The molecule has 0 N–H and O–H groups in total. The number of thiophene rings is 3. The second-order valence-corrected chi connectivity index (χ2v) is 17.5. The van der Waals surface area contributed by atoms with E-state index in [0.717, 1.165) is 0 Å². The van der Waals surface area contributed by atoms with Crippen LogP contribution in [0.1, 0.15) is 0 Å². The standard InChI is InChI=1S/C48H26BNS3/c1-5-17-35-29(11-1)34-25-27(28-15-9-16-31-30-12-2-6-19-39(30)53-48(28)31)26-38-46(34)49(35)36-23-24-43-45(33-14-4-8-21-41(33)52-43)47(36)50(38)37-18-10-22-42-44(37)32-13-3-7-20-40(32)51-42/h1-26H. The van der Waals surface area contributed by atoms with Crippen molar-refractivity contribution in [3.05, 3.63) is 158 Å². The van der Waals surface area contributed by atoms with Crippen LogP contribution in [0, 0.1) is 0 Å². The zero-order valence-electron chi connectivity index (χ0n) is 28.3. The molecule has 11 aromatic rings. The van der Waals surface area contributed by atoms with Gasteiger partial charge in [0.2, 0.25) is 6.71 Å². The van der Waals surface area contributed by atoms with Gasteiger partial charge in [0.15, 0.2) is 0 Å². The summed E-state index contributed by atoms with van der Waals surface area (Å²) in [6.07, 6.45) is 0. The van der Waals surface area contributed by atoms with Crippen LogP contribution in [0.25, 0.3) is 82.8 Å². The number of nitrogens with zero attached hydrogens (tertiary/aromatic N) is 1. The summed E-state index contributed by atoms with van der Waals surface area (Å²) in [6, 6.07) is 59.6. The lowest BCUT2D eigenvalue weighted by molar-refractivity contribution is 1.33. The molecule has 8 aromatic carbocycles. The highest BCUT2D eigenvalue weighted by molar-refractivity contribution is 7.27. The molecule has 0 saturated carbocycles. The van der Waals surface area contributed by atoms with Crippen LogP contribution in [0.2, 0.25) is 0 Å². The van der Waals surface area contributed by atoms with Crippen LogP contribution in [-0.4, -0.2) is 6.71 Å². The number of rotatable bonds is 2. The summed E-state index contributed by atoms with van der Waals surface area (Å²) in [5.74, 6) is 0. The summed E-state index contributed by atoms with van der Waals surface area (Å²) in [7, 11) is 0. The quantitative estimate of drug-likeness (QED) is 0.161. The molecule has 0 bridgehead atoms. The van der Waals surface area contributed by atoms with Crippen molar-refractivity contribution in [3.63, 3.8) is 0 Å². The number of hydrogen-bond acceptors (Lipinski definition) is 4. The fourth-order valence-electron chi connectivity index (χ4n) is 9.55. The van der Waals surface area contributed by atoms with E-state index < -0.39 is 0 Å². The third-order valence-electron chi connectivity index (χ3n) is 11.7. The molecule has 5 heteroatoms. The molecule has 0 saturated heterocycles. The third-order valence-corrected chi connectivity index (χ3v) is 15.2. The highest BCUT2D eigenvalue weighted by Crippen LogP contribution is 2.52. The minimum Gasteiger partial charge on any atom is -0.310 e. The van der Waals surface area contributed by atoms with Gasteiger partial charge in [-0.15, -0.1) is 34.0 Å². The minimum absolute atomic E-state index is 0.151. The fraction of sp³-hybridized carbons (Fsp3) is 0. The van der Waals surface area contributed by atoms with Gasteiger partial charge in [0, 0.05) is 66.2 Å². The van der Waals surface area contributed by atoms with Crippen LogP contribution in [0.3, 0.4) is 0 Å². The maximum Gasteiger partial charge on any atom is 0.248 e. The van der Waals surface area contributed by atoms with Gasteiger partial charge in [-0.25, -0.2) is 0 Å². The molecule has 244 valence electrons. The zero-order valence-corrected chi connectivity index (χ0v) is 30.7. The van der Waals surface area contributed by atoms with Crippen LogP contribution >= 0.6 is 34.0 Å². The average molecular weight is 724 g/mol. The van der Waals surface area contributed by atoms with Crippen molar-refractivity contribution in [1.29, 1.82) is 0 Å². The molecule has 0 unspecified atom stereocenters. The summed E-state index contributed by atoms with van der Waals surface area (Å²) in [5.41, 5.74) is 13.3. The molecule has 2 aliphatic rings. The van der Waals surface area contributed by atoms with Gasteiger partial charge in [-0.3, -0.25) is 0 Å². The Hall–Kier alpha value is -5.72. The predicted molar refractivity (Wildman–Crippen MR) is 235 cm³/mol. The van der Waals surface area contributed by atoms with Gasteiger partial charge >= 0.3 is 0 Å². The first kappa shape index (κ1) is 28.8. The highest BCUT2D eigenvalue weighted by Gasteiger charge is 2.44. The molecule has 0 radical (unpaired) electrons. The number of fused-ring (bicyclic) bond motifs is 15. The molecule has 13 rings (SSSR count). The van der Waals surface area contributed by atoms with E-state index in [0.29, 0.717) is 0 Å². The van der Waals surface area contributed by atoms with E-state index in [1.54, 1.807) is 0 Å². The van der Waals surface area contributed by atoms with E-state index in [1.807, 2.05) is 34.0 Å². The summed E-state index contributed by atoms with van der Waals surface area (Å²) < 4.78 is 8.00. The topological polar surface area (TPSA) is 3.24 Å². The lowest BCUT2D eigenvalue weighted by Crippen LogP contribution is -2.54. The van der Waals surface area contributed by atoms with Crippen LogP contribution in [-0.2, 0) is 0 Å². The lowest BCUT2D eigenvalue weighted by Gasteiger charge is -2.37. The van der Waals surface area contributed by atoms with Gasteiger partial charge in [-0.2, -0.15) is 0 Å². The maximum atomic E-state index is 2.67. The predicted octanol–water partition coefficient (Wildman–Crippen LogP) is 12.7. The van der Waals surface area contributed by atoms with E-state index in [4.69, 9.17) is 0 Å². The third kappa shape index (κ3) is 3.76. The molecule has 0 amide bonds. The first-order valence-electron chi connectivity index (χ1n) is 18.1. The Morgan fingerprint density at radius 1 is 0.396 bits per heavy atom. The number of anilines is 3. The molecule has 0 fully saturated rings. The minimum atomic E-state index is 0.151. The van der Waals surface area contributed by atoms with Crippen molar-refractivity contribution in [2.45, 2.75) is 0 Å². The summed E-state index contributed by atoms with van der Waals surface area (Å²) in [4.78, 5) is 2.67. The Balaban J connectivity index is 1.22. The maximum absolute atomic E-state index is 2.67. The normalized spacial score (nSPS) is 13.2. The monoisotopic (exact) mass is 723 g/mol. The van der Waals surface area contributed by atoms with Crippen molar-refractivity contribution in [2.24, 2.45) is 0 Å². The van der Waals surface area contributed by atoms with Gasteiger partial charge < -0.3 is 4.90 Å². The Kier molecular flexibility index (Phi) is 5.69. The van der Waals surface area contributed by atoms with Crippen LogP contribution in [0.5, 0.6) is 0 Å². The molecule has 1 nitrogen and oxygen atoms in total. The Morgan fingerprint density at radius 2 is 1.02 bits per heavy atom. The Bertz CT molecular complexity index is 3380. The first-order chi connectivity index (χ1) is 26.3. The van der Waals surface area contributed by atoms with Gasteiger partial charge in [0.25, 0.3) is 0 Å². The van der Waals surface area contributed by atoms with E-state index in [-0.39, 0.29) is 6.71 Å². The number of hydrogen-bond donors (Lipinski definition) is 0. The second-order valence-electron chi connectivity index (χ2n) is 14.3. The molecule has 0 spiro atoms. The smallest absolute Gasteiger partial charge is 0.248 e. The van der Waals surface area contributed by atoms with Crippen molar-refractivity contribution in [1.82, 2.24) is 0 Å². The number of benzene rings is 8. The summed E-state index contributed by atoms with van der Waals surface area (Å²) in [5, 5.41) is 8.00. The van der Waals surface area contributed by atoms with Gasteiger partial charge in [-0.1, -0.05) is 115 Å². The zero-order chi connectivity index (χ0) is 34.4. The van der Waals surface area contributed by atoms with E-state index in [9.17, 15) is 0 Å². The van der Waals surface area contributed by atoms with E-state index in [2.05, 4.69) is 163 Å². The lowest BCUT2D eigenvalue weighted by atomic mass is 9.37. The van der Waals surface area contributed by atoms with Crippen LogP contribution < -0.4 is 21.3 Å². The molecule has 3 aromatic heterocycles. The van der Waals surface area contributed by atoms with Crippen LogP contribution in [0.15, 0.2) is 158 Å². The fourth-order valence-corrected chi connectivity index (χ4v) is 13.0. The molecule has 2 aliphatic heterocycles. The van der Waals surface area contributed by atoms with Crippen molar-refractivity contribution in [2.75, 3.05) is 4.90 Å². The molecule has 53 heavy (non-hydrogen) atoms. The Labute approximate surface area is 317 Å². The van der Waals surface area contributed by atoms with Crippen molar-refractivity contribution >= 4 is 135 Å². The Morgan fingerprint density at radius 3 is 1.85 bits per heavy atom. The SMILES string of the molecule is c1ccc2c(c1)B1c3ccc4sc5ccccc5c4c3N(c3cccc4sc5ccccc5c34)c3cc(-c4cccc5c4sc4ccccc45)cc-2c31. The van der Waals surface area contributed by atoms with E-state index >= 15 is 0 Å². The average Bonchev–Trinajstić information content (AvgIpc) is 3.97. The molecular weight excluding hydrogens is 698 g/mol. The second kappa shape index (κ2) is 10.5. The van der Waals surface area contributed by atoms with Crippen LogP contribution in [0.4, 0.5) is 17.1 Å².